The van der Waals surface area contributed by atoms with E-state index in [-0.39, 0.29) is 5.91 Å². The van der Waals surface area contributed by atoms with Crippen LogP contribution in [0.25, 0.3) is 10.6 Å². The summed E-state index contributed by atoms with van der Waals surface area (Å²) in [7, 11) is 0. The number of thiazole rings is 1. The van der Waals surface area contributed by atoms with Gasteiger partial charge in [0.2, 0.25) is 0 Å². The van der Waals surface area contributed by atoms with Crippen molar-refractivity contribution in [3.8, 4) is 10.6 Å². The minimum absolute atomic E-state index is 0.127. The number of aromatic nitrogens is 2. The predicted octanol–water partition coefficient (Wildman–Crippen LogP) is 2.89. The van der Waals surface area contributed by atoms with Gasteiger partial charge in [-0.1, -0.05) is 0 Å². The van der Waals surface area contributed by atoms with E-state index in [0.717, 1.165) is 49.2 Å². The number of hydrogen-bond donors (Lipinski definition) is 1. The highest BCUT2D eigenvalue weighted by molar-refractivity contribution is 7.13. The second kappa shape index (κ2) is 10.1. The fourth-order valence-corrected chi connectivity index (χ4v) is 4.30. The van der Waals surface area contributed by atoms with Crippen molar-refractivity contribution in [2.45, 2.75) is 39.8 Å². The Labute approximate surface area is 177 Å². The number of pyridine rings is 1. The molecular formula is C21H31N5O2S. The van der Waals surface area contributed by atoms with Crippen LogP contribution in [0.5, 0.6) is 0 Å². The molecule has 0 unspecified atom stereocenters. The number of rotatable bonds is 8. The third-order valence-electron chi connectivity index (χ3n) is 5.05. The van der Waals surface area contributed by atoms with Crippen LogP contribution in [0, 0.1) is 0 Å². The maximum Gasteiger partial charge on any atom is 0.270 e. The van der Waals surface area contributed by atoms with Crippen molar-refractivity contribution in [2.75, 3.05) is 44.3 Å². The highest BCUT2D eigenvalue weighted by Crippen LogP contribution is 2.25. The summed E-state index contributed by atoms with van der Waals surface area (Å²) in [6.07, 6.45) is 1.83. The molecule has 2 aromatic rings. The van der Waals surface area contributed by atoms with Crippen molar-refractivity contribution in [3.05, 3.63) is 29.4 Å². The van der Waals surface area contributed by atoms with E-state index in [2.05, 4.69) is 52.8 Å². The summed E-state index contributed by atoms with van der Waals surface area (Å²) in [6, 6.07) is 4.92. The molecule has 0 atom stereocenters. The normalized spacial score (nSPS) is 14.8. The van der Waals surface area contributed by atoms with Crippen LogP contribution in [0.4, 0.5) is 5.82 Å². The molecule has 1 aliphatic heterocycles. The first kappa shape index (κ1) is 21.7. The van der Waals surface area contributed by atoms with Crippen molar-refractivity contribution < 1.29 is 9.53 Å². The zero-order chi connectivity index (χ0) is 20.8. The number of amides is 1. The van der Waals surface area contributed by atoms with Crippen LogP contribution >= 0.6 is 11.3 Å². The summed E-state index contributed by atoms with van der Waals surface area (Å²) in [5, 5.41) is 5.60. The van der Waals surface area contributed by atoms with Gasteiger partial charge in [-0.25, -0.2) is 9.97 Å². The molecule has 1 amide bonds. The van der Waals surface area contributed by atoms with E-state index in [1.54, 1.807) is 0 Å². The number of morpholine rings is 1. The van der Waals surface area contributed by atoms with Crippen LogP contribution in [0.2, 0.25) is 0 Å². The first-order valence-electron chi connectivity index (χ1n) is 10.2. The Morgan fingerprint density at radius 3 is 2.59 bits per heavy atom. The average molecular weight is 418 g/mol. The second-order valence-electron chi connectivity index (χ2n) is 7.72. The van der Waals surface area contributed by atoms with Crippen LogP contribution in [0.15, 0.2) is 23.7 Å². The van der Waals surface area contributed by atoms with E-state index < -0.39 is 0 Å². The molecule has 1 aliphatic rings. The molecule has 0 spiro atoms. The van der Waals surface area contributed by atoms with Gasteiger partial charge in [0, 0.05) is 55.4 Å². The van der Waals surface area contributed by atoms with Crippen LogP contribution in [-0.2, 0) is 4.74 Å². The number of hydrogen-bond acceptors (Lipinski definition) is 7. The molecule has 0 aliphatic carbocycles. The topological polar surface area (TPSA) is 70.6 Å². The average Bonchev–Trinajstić information content (AvgIpc) is 3.21. The third kappa shape index (κ3) is 5.74. The lowest BCUT2D eigenvalue weighted by atomic mass is 10.2. The quantitative estimate of drug-likeness (QED) is 0.712. The van der Waals surface area contributed by atoms with Gasteiger partial charge in [0.1, 0.15) is 16.5 Å². The van der Waals surface area contributed by atoms with Gasteiger partial charge >= 0.3 is 0 Å². The van der Waals surface area contributed by atoms with Crippen LogP contribution in [0.3, 0.4) is 0 Å². The van der Waals surface area contributed by atoms with Crippen LogP contribution in [0.1, 0.15) is 38.2 Å². The Balaban J connectivity index is 1.56. The second-order valence-corrected chi connectivity index (χ2v) is 8.58. The Bertz CT molecular complexity index is 777. The highest BCUT2D eigenvalue weighted by atomic mass is 32.1. The standard InChI is InChI=1S/C21H31N5O2S/c1-15(2)26(16(3)4)8-7-22-20(27)18-14-29-21(24-18)17-5-6-19(23-13-17)25-9-11-28-12-10-25/h5-6,13-16H,7-12H2,1-4H3,(H,22,27). The molecule has 29 heavy (non-hydrogen) atoms. The lowest BCUT2D eigenvalue weighted by molar-refractivity contribution is 0.0935. The maximum absolute atomic E-state index is 12.5. The molecular weight excluding hydrogens is 386 g/mol. The Morgan fingerprint density at radius 1 is 1.24 bits per heavy atom. The summed E-state index contributed by atoms with van der Waals surface area (Å²) >= 11 is 1.47. The molecule has 1 saturated heterocycles. The first-order valence-corrected chi connectivity index (χ1v) is 11.1. The monoisotopic (exact) mass is 417 g/mol. The van der Waals surface area contributed by atoms with Crippen LogP contribution < -0.4 is 10.2 Å². The molecule has 7 nitrogen and oxygen atoms in total. The SMILES string of the molecule is CC(C)N(CCNC(=O)c1csc(-c2ccc(N3CCOCC3)nc2)n1)C(C)C. The molecule has 2 aromatic heterocycles. The van der Waals surface area contributed by atoms with Crippen molar-refractivity contribution >= 4 is 23.1 Å². The largest absolute Gasteiger partial charge is 0.378 e. The van der Waals surface area contributed by atoms with Crippen LogP contribution in [-0.4, -0.2) is 72.3 Å². The van der Waals surface area contributed by atoms with Gasteiger partial charge in [-0.3, -0.25) is 9.69 Å². The zero-order valence-electron chi connectivity index (χ0n) is 17.7. The Morgan fingerprint density at radius 2 is 1.97 bits per heavy atom. The Hall–Kier alpha value is -2.03. The Kier molecular flexibility index (Phi) is 7.57. The predicted molar refractivity (Wildman–Crippen MR) is 118 cm³/mol. The summed E-state index contributed by atoms with van der Waals surface area (Å²) in [5.41, 5.74) is 1.39. The van der Waals surface area contributed by atoms with E-state index in [1.165, 1.54) is 11.3 Å². The summed E-state index contributed by atoms with van der Waals surface area (Å²) in [5.74, 6) is 0.823. The molecule has 158 valence electrons. The molecule has 3 rings (SSSR count). The third-order valence-corrected chi connectivity index (χ3v) is 5.94. The smallest absolute Gasteiger partial charge is 0.270 e. The van der Waals surface area contributed by atoms with Gasteiger partial charge in [0.05, 0.1) is 13.2 Å². The first-order chi connectivity index (χ1) is 14.0. The van der Waals surface area contributed by atoms with Gasteiger partial charge in [-0.15, -0.1) is 11.3 Å². The lowest BCUT2D eigenvalue weighted by Gasteiger charge is -2.30. The van der Waals surface area contributed by atoms with Gasteiger partial charge in [0.15, 0.2) is 0 Å². The number of nitrogens with zero attached hydrogens (tertiary/aromatic N) is 4. The van der Waals surface area contributed by atoms with Crippen molar-refractivity contribution in [1.82, 2.24) is 20.2 Å². The maximum atomic E-state index is 12.5. The molecule has 8 heteroatoms. The molecule has 0 radical (unpaired) electrons. The molecule has 3 heterocycles. The summed E-state index contributed by atoms with van der Waals surface area (Å²) in [4.78, 5) is 26.1. The van der Waals surface area contributed by atoms with E-state index in [0.29, 0.717) is 24.3 Å². The van der Waals surface area contributed by atoms with E-state index in [9.17, 15) is 4.79 Å². The summed E-state index contributed by atoms with van der Waals surface area (Å²) < 4.78 is 5.39. The highest BCUT2D eigenvalue weighted by Gasteiger charge is 2.16. The number of anilines is 1. The van der Waals surface area contributed by atoms with E-state index in [1.807, 2.05) is 23.7 Å². The van der Waals surface area contributed by atoms with Crippen molar-refractivity contribution in [1.29, 1.82) is 0 Å². The molecule has 0 aromatic carbocycles. The summed E-state index contributed by atoms with van der Waals surface area (Å²) in [6.45, 7) is 13.3. The minimum Gasteiger partial charge on any atom is -0.378 e. The molecule has 1 fully saturated rings. The fraction of sp³-hybridized carbons (Fsp3) is 0.571. The fourth-order valence-electron chi connectivity index (χ4n) is 3.50. The van der Waals surface area contributed by atoms with Crippen molar-refractivity contribution in [2.24, 2.45) is 0 Å². The lowest BCUT2D eigenvalue weighted by Crippen LogP contribution is -2.42. The molecule has 1 N–H and O–H groups in total. The van der Waals surface area contributed by atoms with E-state index in [4.69, 9.17) is 4.74 Å². The van der Waals surface area contributed by atoms with Gasteiger partial charge in [0.25, 0.3) is 5.91 Å². The number of ether oxygens (including phenoxy) is 1. The van der Waals surface area contributed by atoms with Gasteiger partial charge < -0.3 is 15.0 Å². The number of nitrogens with one attached hydrogen (secondary N) is 1. The molecule has 0 saturated carbocycles. The number of carbonyl (C=O) groups excluding carboxylic acids is 1. The van der Waals surface area contributed by atoms with Gasteiger partial charge in [-0.05, 0) is 39.8 Å². The molecule has 0 bridgehead atoms. The zero-order valence-corrected chi connectivity index (χ0v) is 18.5. The van der Waals surface area contributed by atoms with E-state index >= 15 is 0 Å². The van der Waals surface area contributed by atoms with Gasteiger partial charge in [-0.2, -0.15) is 0 Å². The number of carbonyl (C=O) groups is 1. The minimum atomic E-state index is -0.127. The van der Waals surface area contributed by atoms with Crippen molar-refractivity contribution in [3.63, 3.8) is 0 Å².